The summed E-state index contributed by atoms with van der Waals surface area (Å²) in [6.07, 6.45) is 0. The molecule has 0 bridgehead atoms. The first-order chi connectivity index (χ1) is 7.68. The third-order valence-electron chi connectivity index (χ3n) is 2.02. The summed E-state index contributed by atoms with van der Waals surface area (Å²) in [5.41, 5.74) is 0.290. The average Bonchev–Trinajstić information content (AvgIpc) is 2.45. The molecule has 1 aromatic heterocycles. The van der Waals surface area contributed by atoms with Gasteiger partial charge in [-0.3, -0.25) is 0 Å². The Morgan fingerprint density at radius 1 is 1.53 bits per heavy atom. The van der Waals surface area contributed by atoms with Gasteiger partial charge in [0.05, 0.1) is 15.9 Å². The van der Waals surface area contributed by atoms with Crippen LogP contribution in [0.3, 0.4) is 0 Å². The zero-order valence-corrected chi connectivity index (χ0v) is 13.4. The molecule has 1 heterocycles. The highest BCUT2D eigenvalue weighted by Crippen LogP contribution is 2.30. The summed E-state index contributed by atoms with van der Waals surface area (Å²) in [6, 6.07) is 1.65. The molecule has 0 atom stereocenters. The minimum absolute atomic E-state index is 0.311. The fraction of sp³-hybridized carbons (Fsp3) is 0.600. The van der Waals surface area contributed by atoms with Crippen molar-refractivity contribution in [2.75, 3.05) is 13.7 Å². The number of halogens is 1. The second-order valence-electron chi connectivity index (χ2n) is 4.44. The minimum Gasteiger partial charge on any atom is -0.383 e. The van der Waals surface area contributed by atoms with Crippen molar-refractivity contribution in [1.82, 2.24) is 4.72 Å². The lowest BCUT2D eigenvalue weighted by Crippen LogP contribution is -2.46. The van der Waals surface area contributed by atoms with Gasteiger partial charge in [-0.1, -0.05) is 0 Å². The van der Waals surface area contributed by atoms with Gasteiger partial charge in [0.25, 0.3) is 10.0 Å². The van der Waals surface area contributed by atoms with E-state index in [1.165, 1.54) is 11.3 Å². The van der Waals surface area contributed by atoms with Gasteiger partial charge >= 0.3 is 0 Å². The molecule has 17 heavy (non-hydrogen) atoms. The van der Waals surface area contributed by atoms with Crippen molar-refractivity contribution in [3.05, 3.63) is 15.4 Å². The monoisotopic (exact) mass is 341 g/mol. The molecular formula is C10H16BrNO3S2. The van der Waals surface area contributed by atoms with Crippen LogP contribution in [0.4, 0.5) is 0 Å². The molecule has 0 aliphatic rings. The number of thiophene rings is 1. The summed E-state index contributed by atoms with van der Waals surface area (Å²) in [7, 11) is -1.94. The van der Waals surface area contributed by atoms with E-state index in [2.05, 4.69) is 20.7 Å². The smallest absolute Gasteiger partial charge is 0.250 e. The summed E-state index contributed by atoms with van der Waals surface area (Å²) in [6.45, 7) is 5.74. The summed E-state index contributed by atoms with van der Waals surface area (Å²) in [5, 5.41) is 0. The van der Waals surface area contributed by atoms with Gasteiger partial charge in [0.1, 0.15) is 4.21 Å². The zero-order valence-electron chi connectivity index (χ0n) is 10.2. The maximum atomic E-state index is 12.1. The van der Waals surface area contributed by atoms with Gasteiger partial charge in [-0.05, 0) is 48.3 Å². The molecular weight excluding hydrogens is 326 g/mol. The number of rotatable bonds is 5. The molecule has 1 N–H and O–H groups in total. The predicted octanol–water partition coefficient (Wildman–Crippen LogP) is 2.52. The van der Waals surface area contributed by atoms with Gasteiger partial charge in [-0.2, -0.15) is 0 Å². The highest BCUT2D eigenvalue weighted by atomic mass is 79.9. The van der Waals surface area contributed by atoms with Crippen LogP contribution in [0.1, 0.15) is 19.4 Å². The number of aryl methyl sites for hydroxylation is 1. The van der Waals surface area contributed by atoms with Crippen molar-refractivity contribution in [2.24, 2.45) is 0 Å². The van der Waals surface area contributed by atoms with Crippen molar-refractivity contribution >= 4 is 37.3 Å². The number of nitrogens with one attached hydrogen (secondary N) is 1. The molecule has 0 amide bonds. The van der Waals surface area contributed by atoms with Crippen LogP contribution in [0.5, 0.6) is 0 Å². The second kappa shape index (κ2) is 5.36. The molecule has 0 aliphatic carbocycles. The molecule has 1 rings (SSSR count). The fourth-order valence-electron chi connectivity index (χ4n) is 1.37. The van der Waals surface area contributed by atoms with Crippen LogP contribution in [-0.2, 0) is 14.8 Å². The molecule has 0 radical (unpaired) electrons. The molecule has 0 spiro atoms. The first kappa shape index (κ1) is 15.1. The van der Waals surface area contributed by atoms with Crippen LogP contribution in [0.2, 0.25) is 0 Å². The molecule has 0 fully saturated rings. The lowest BCUT2D eigenvalue weighted by atomic mass is 10.1. The molecule has 98 valence electrons. The maximum absolute atomic E-state index is 12.1. The van der Waals surface area contributed by atoms with E-state index in [1.807, 2.05) is 6.92 Å². The number of ether oxygens (including phenoxy) is 1. The summed E-state index contributed by atoms with van der Waals surface area (Å²) in [4.78, 5) is 0. The van der Waals surface area contributed by atoms with E-state index in [9.17, 15) is 8.42 Å². The highest BCUT2D eigenvalue weighted by molar-refractivity contribution is 9.11. The molecule has 0 saturated carbocycles. The Balaban J connectivity index is 2.97. The van der Waals surface area contributed by atoms with Gasteiger partial charge in [0.15, 0.2) is 0 Å². The molecule has 1 aromatic rings. The van der Waals surface area contributed by atoms with Crippen molar-refractivity contribution in [3.8, 4) is 0 Å². The third-order valence-corrected chi connectivity index (χ3v) is 6.32. The summed E-state index contributed by atoms with van der Waals surface area (Å²) >= 11 is 4.53. The van der Waals surface area contributed by atoms with E-state index in [0.29, 0.717) is 10.8 Å². The van der Waals surface area contributed by atoms with E-state index in [-0.39, 0.29) is 0 Å². The lowest BCUT2D eigenvalue weighted by Gasteiger charge is -2.24. The maximum Gasteiger partial charge on any atom is 0.250 e. The van der Waals surface area contributed by atoms with Crippen LogP contribution in [-0.4, -0.2) is 27.7 Å². The van der Waals surface area contributed by atoms with Crippen LogP contribution < -0.4 is 4.72 Å². The van der Waals surface area contributed by atoms with Gasteiger partial charge in [0, 0.05) is 7.11 Å². The van der Waals surface area contributed by atoms with Gasteiger partial charge in [-0.25, -0.2) is 13.1 Å². The fourth-order valence-corrected chi connectivity index (χ4v) is 4.99. The first-order valence-corrected chi connectivity index (χ1v) is 8.06. The van der Waals surface area contributed by atoms with Gasteiger partial charge in [-0.15, -0.1) is 11.3 Å². The molecule has 0 unspecified atom stereocenters. The van der Waals surface area contributed by atoms with Crippen molar-refractivity contribution in [1.29, 1.82) is 0 Å². The number of hydrogen-bond donors (Lipinski definition) is 1. The Bertz CT molecular complexity index is 474. The van der Waals surface area contributed by atoms with E-state index in [4.69, 9.17) is 4.74 Å². The Morgan fingerprint density at radius 2 is 2.12 bits per heavy atom. The second-order valence-corrected chi connectivity index (χ2v) is 8.72. The summed E-state index contributed by atoms with van der Waals surface area (Å²) in [5.74, 6) is 0. The van der Waals surface area contributed by atoms with E-state index in [1.54, 1.807) is 27.0 Å². The van der Waals surface area contributed by atoms with Crippen molar-refractivity contribution in [2.45, 2.75) is 30.5 Å². The first-order valence-electron chi connectivity index (χ1n) is 4.97. The van der Waals surface area contributed by atoms with Crippen LogP contribution >= 0.6 is 27.3 Å². The van der Waals surface area contributed by atoms with Crippen LogP contribution in [0, 0.1) is 6.92 Å². The van der Waals surface area contributed by atoms with E-state index < -0.39 is 15.6 Å². The van der Waals surface area contributed by atoms with Crippen molar-refractivity contribution < 1.29 is 13.2 Å². The Morgan fingerprint density at radius 3 is 2.53 bits per heavy atom. The average molecular weight is 342 g/mol. The SMILES string of the molecule is COCC(C)(C)NS(=O)(=O)c1cc(C)c(Br)s1. The van der Waals surface area contributed by atoms with Crippen LogP contribution in [0.25, 0.3) is 0 Å². The molecule has 7 heteroatoms. The minimum atomic E-state index is -3.48. The number of sulfonamides is 1. The van der Waals surface area contributed by atoms with Crippen LogP contribution in [0.15, 0.2) is 14.1 Å². The quantitative estimate of drug-likeness (QED) is 0.895. The highest BCUT2D eigenvalue weighted by Gasteiger charge is 2.27. The van der Waals surface area contributed by atoms with Gasteiger partial charge < -0.3 is 4.74 Å². The Hall–Kier alpha value is 0.0500. The third kappa shape index (κ3) is 4.03. The Labute approximate surface area is 115 Å². The molecule has 0 aliphatic heterocycles. The van der Waals surface area contributed by atoms with Crippen molar-refractivity contribution in [3.63, 3.8) is 0 Å². The van der Waals surface area contributed by atoms with E-state index >= 15 is 0 Å². The molecule has 4 nitrogen and oxygen atoms in total. The Kier molecular flexibility index (Phi) is 4.76. The predicted molar refractivity (Wildman–Crippen MR) is 73.0 cm³/mol. The number of methoxy groups -OCH3 is 1. The zero-order chi connectivity index (χ0) is 13.3. The standard InChI is InChI=1S/C10H16BrNO3S2/c1-7-5-8(16-9(7)11)17(13,14)12-10(2,3)6-15-4/h5,12H,6H2,1-4H3. The largest absolute Gasteiger partial charge is 0.383 e. The normalized spacial score (nSPS) is 13.0. The number of hydrogen-bond acceptors (Lipinski definition) is 4. The molecule has 0 aromatic carbocycles. The lowest BCUT2D eigenvalue weighted by molar-refractivity contribution is 0.141. The van der Waals surface area contributed by atoms with E-state index in [0.717, 1.165) is 9.35 Å². The molecule has 0 saturated heterocycles. The summed E-state index contributed by atoms with van der Waals surface area (Å²) < 4.78 is 33.0. The van der Waals surface area contributed by atoms with Gasteiger partial charge in [0.2, 0.25) is 0 Å². The topological polar surface area (TPSA) is 55.4 Å².